The van der Waals surface area contributed by atoms with Gasteiger partial charge in [-0.25, -0.2) is 0 Å². The van der Waals surface area contributed by atoms with Gasteiger partial charge in [0.05, 0.1) is 6.26 Å². The second kappa shape index (κ2) is 3.37. The summed E-state index contributed by atoms with van der Waals surface area (Å²) in [6.07, 6.45) is 1.56. The second-order valence-corrected chi connectivity index (χ2v) is 3.72. The molecular weight excluding hydrogens is 203 g/mol. The molecule has 0 unspecified atom stereocenters. The molecule has 0 saturated carbocycles. The van der Waals surface area contributed by atoms with Crippen LogP contribution in [0.4, 0.5) is 0 Å². The molecule has 0 aliphatic rings. The van der Waals surface area contributed by atoms with E-state index < -0.39 is 7.12 Å². The molecular formula is C12H9BO3. The van der Waals surface area contributed by atoms with Crippen LogP contribution in [-0.4, -0.2) is 17.2 Å². The van der Waals surface area contributed by atoms with Crippen LogP contribution in [0.2, 0.25) is 0 Å². The Kier molecular flexibility index (Phi) is 1.99. The van der Waals surface area contributed by atoms with Gasteiger partial charge in [-0.15, -0.1) is 0 Å². The summed E-state index contributed by atoms with van der Waals surface area (Å²) >= 11 is 0. The fourth-order valence-corrected chi connectivity index (χ4v) is 2.03. The van der Waals surface area contributed by atoms with Crippen molar-refractivity contribution in [2.45, 2.75) is 0 Å². The summed E-state index contributed by atoms with van der Waals surface area (Å²) in [5.41, 5.74) is 1.17. The lowest BCUT2D eigenvalue weighted by Crippen LogP contribution is -2.30. The first-order valence-corrected chi connectivity index (χ1v) is 5.02. The van der Waals surface area contributed by atoms with E-state index in [-0.39, 0.29) is 0 Å². The number of rotatable bonds is 1. The largest absolute Gasteiger partial charge is 0.489 e. The molecule has 0 fully saturated rings. The van der Waals surface area contributed by atoms with Gasteiger partial charge in [0.25, 0.3) is 0 Å². The Hall–Kier alpha value is -1.78. The standard InChI is InChI=1S/C12H9BO3/c14-13(15)11-7-8-3-1-2-4-9(8)12-10(11)5-6-16-12/h1-7,14-15H. The Balaban J connectivity index is 2.53. The zero-order valence-electron chi connectivity index (χ0n) is 8.42. The van der Waals surface area contributed by atoms with Gasteiger partial charge in [-0.2, -0.15) is 0 Å². The van der Waals surface area contributed by atoms with E-state index in [2.05, 4.69) is 0 Å². The van der Waals surface area contributed by atoms with Gasteiger partial charge in [-0.3, -0.25) is 0 Å². The lowest BCUT2D eigenvalue weighted by atomic mass is 9.77. The van der Waals surface area contributed by atoms with Gasteiger partial charge in [-0.05, 0) is 16.9 Å². The molecule has 4 heteroatoms. The molecule has 0 saturated heterocycles. The number of fused-ring (bicyclic) bond motifs is 3. The minimum absolute atomic E-state index is 0.474. The fourth-order valence-electron chi connectivity index (χ4n) is 2.03. The van der Waals surface area contributed by atoms with Gasteiger partial charge >= 0.3 is 7.12 Å². The highest BCUT2D eigenvalue weighted by molar-refractivity contribution is 6.62. The Morgan fingerprint density at radius 2 is 1.81 bits per heavy atom. The van der Waals surface area contributed by atoms with Crippen molar-refractivity contribution in [2.75, 3.05) is 0 Å². The number of benzene rings is 2. The third-order valence-corrected chi connectivity index (χ3v) is 2.77. The molecule has 0 bridgehead atoms. The first-order valence-electron chi connectivity index (χ1n) is 5.02. The van der Waals surface area contributed by atoms with Crippen molar-refractivity contribution in [1.82, 2.24) is 0 Å². The highest BCUT2D eigenvalue weighted by Crippen LogP contribution is 2.24. The Bertz CT molecular complexity index is 657. The van der Waals surface area contributed by atoms with Crippen molar-refractivity contribution >= 4 is 34.3 Å². The van der Waals surface area contributed by atoms with Crippen molar-refractivity contribution in [3.63, 3.8) is 0 Å². The maximum atomic E-state index is 9.31. The van der Waals surface area contributed by atoms with E-state index in [0.717, 1.165) is 16.2 Å². The summed E-state index contributed by atoms with van der Waals surface area (Å²) in [5.74, 6) is 0. The predicted octanol–water partition coefficient (Wildman–Crippen LogP) is 1.27. The molecule has 3 aromatic rings. The van der Waals surface area contributed by atoms with E-state index in [1.54, 1.807) is 18.4 Å². The van der Waals surface area contributed by atoms with Crippen LogP contribution in [0.5, 0.6) is 0 Å². The number of furan rings is 1. The zero-order valence-corrected chi connectivity index (χ0v) is 8.42. The van der Waals surface area contributed by atoms with Gasteiger partial charge in [0, 0.05) is 10.8 Å². The second-order valence-electron chi connectivity index (χ2n) is 3.72. The molecule has 16 heavy (non-hydrogen) atoms. The zero-order chi connectivity index (χ0) is 11.1. The molecule has 0 spiro atoms. The fraction of sp³-hybridized carbons (Fsp3) is 0. The first-order chi connectivity index (χ1) is 7.77. The third kappa shape index (κ3) is 1.24. The molecule has 2 aromatic carbocycles. The van der Waals surface area contributed by atoms with Crippen LogP contribution >= 0.6 is 0 Å². The SMILES string of the molecule is OB(O)c1cc2ccccc2c2occc12. The van der Waals surface area contributed by atoms with Crippen LogP contribution < -0.4 is 5.46 Å². The van der Waals surface area contributed by atoms with Crippen LogP contribution in [-0.2, 0) is 0 Å². The molecule has 3 rings (SSSR count). The van der Waals surface area contributed by atoms with Crippen molar-refractivity contribution in [2.24, 2.45) is 0 Å². The molecule has 0 aliphatic carbocycles. The molecule has 2 N–H and O–H groups in total. The molecule has 0 aliphatic heterocycles. The monoisotopic (exact) mass is 212 g/mol. The first kappa shape index (κ1) is 9.45. The highest BCUT2D eigenvalue weighted by Gasteiger charge is 2.17. The van der Waals surface area contributed by atoms with Crippen LogP contribution in [0.1, 0.15) is 0 Å². The van der Waals surface area contributed by atoms with Crippen LogP contribution in [0.15, 0.2) is 47.1 Å². The molecule has 1 heterocycles. The molecule has 78 valence electrons. The van der Waals surface area contributed by atoms with Gasteiger partial charge in [0.2, 0.25) is 0 Å². The van der Waals surface area contributed by atoms with Gasteiger partial charge in [0.1, 0.15) is 5.58 Å². The third-order valence-electron chi connectivity index (χ3n) is 2.77. The highest BCUT2D eigenvalue weighted by atomic mass is 16.4. The molecule has 0 radical (unpaired) electrons. The summed E-state index contributed by atoms with van der Waals surface area (Å²) in [7, 11) is -1.48. The van der Waals surface area contributed by atoms with Crippen molar-refractivity contribution in [3.8, 4) is 0 Å². The average molecular weight is 212 g/mol. The maximum absolute atomic E-state index is 9.31. The molecule has 3 nitrogen and oxygen atoms in total. The van der Waals surface area contributed by atoms with E-state index in [1.807, 2.05) is 24.3 Å². The minimum Gasteiger partial charge on any atom is -0.464 e. The summed E-state index contributed by atoms with van der Waals surface area (Å²) in [6, 6.07) is 11.2. The van der Waals surface area contributed by atoms with Crippen molar-refractivity contribution < 1.29 is 14.5 Å². The van der Waals surface area contributed by atoms with Crippen LogP contribution in [0, 0.1) is 0 Å². The van der Waals surface area contributed by atoms with E-state index in [0.29, 0.717) is 11.0 Å². The van der Waals surface area contributed by atoms with E-state index >= 15 is 0 Å². The van der Waals surface area contributed by atoms with Crippen molar-refractivity contribution in [3.05, 3.63) is 42.7 Å². The molecule has 1 aromatic heterocycles. The molecule has 0 atom stereocenters. The summed E-state index contributed by atoms with van der Waals surface area (Å²) in [6.45, 7) is 0. The quantitative estimate of drug-likeness (QED) is 0.597. The van der Waals surface area contributed by atoms with Gasteiger partial charge < -0.3 is 14.5 Å². The van der Waals surface area contributed by atoms with Crippen LogP contribution in [0.3, 0.4) is 0 Å². The average Bonchev–Trinajstić information content (AvgIpc) is 2.76. The summed E-state index contributed by atoms with van der Waals surface area (Å²) < 4.78 is 5.40. The normalized spacial score (nSPS) is 11.1. The smallest absolute Gasteiger partial charge is 0.464 e. The lowest BCUT2D eigenvalue weighted by Gasteiger charge is -2.04. The predicted molar refractivity (Wildman–Crippen MR) is 63.5 cm³/mol. The lowest BCUT2D eigenvalue weighted by molar-refractivity contribution is 0.426. The van der Waals surface area contributed by atoms with E-state index in [1.165, 1.54) is 0 Å². The van der Waals surface area contributed by atoms with E-state index in [9.17, 15) is 10.0 Å². The Morgan fingerprint density at radius 1 is 1.00 bits per heavy atom. The van der Waals surface area contributed by atoms with E-state index in [4.69, 9.17) is 4.42 Å². The summed E-state index contributed by atoms with van der Waals surface area (Å²) in [4.78, 5) is 0. The Labute approximate surface area is 92.1 Å². The molecule has 0 amide bonds. The number of hydrogen-bond acceptors (Lipinski definition) is 3. The summed E-state index contributed by atoms with van der Waals surface area (Å²) in [5, 5.41) is 21.3. The Morgan fingerprint density at radius 3 is 2.62 bits per heavy atom. The topological polar surface area (TPSA) is 53.6 Å². The minimum atomic E-state index is -1.48. The van der Waals surface area contributed by atoms with Crippen molar-refractivity contribution in [1.29, 1.82) is 0 Å². The maximum Gasteiger partial charge on any atom is 0.489 e. The van der Waals surface area contributed by atoms with Gasteiger partial charge in [-0.1, -0.05) is 30.3 Å². The number of hydrogen-bond donors (Lipinski definition) is 2. The van der Waals surface area contributed by atoms with Crippen LogP contribution in [0.25, 0.3) is 21.7 Å². The van der Waals surface area contributed by atoms with Gasteiger partial charge in [0.15, 0.2) is 0 Å².